The highest BCUT2D eigenvalue weighted by Crippen LogP contribution is 2.13. The molecule has 1 aliphatic rings. The first-order valence-electron chi connectivity index (χ1n) is 5.60. The fourth-order valence-electron chi connectivity index (χ4n) is 1.72. The van der Waals surface area contributed by atoms with E-state index in [0.717, 1.165) is 25.6 Å². The van der Waals surface area contributed by atoms with Crippen molar-refractivity contribution in [3.63, 3.8) is 0 Å². The van der Waals surface area contributed by atoms with Crippen molar-refractivity contribution in [3.05, 3.63) is 0 Å². The van der Waals surface area contributed by atoms with Crippen LogP contribution >= 0.6 is 0 Å². The van der Waals surface area contributed by atoms with Gasteiger partial charge < -0.3 is 9.84 Å². The molecule has 0 amide bonds. The molecule has 2 unspecified atom stereocenters. The lowest BCUT2D eigenvalue weighted by atomic mass is 10.1. The molecule has 1 N–H and O–H groups in total. The van der Waals surface area contributed by atoms with Crippen molar-refractivity contribution < 1.29 is 9.84 Å². The largest absolute Gasteiger partial charge is 0.394 e. The molecule has 1 rings (SSSR count). The average Bonchev–Trinajstić information content (AvgIpc) is 2.16. The van der Waals surface area contributed by atoms with Crippen LogP contribution in [0.1, 0.15) is 27.2 Å². The van der Waals surface area contributed by atoms with Gasteiger partial charge in [0.25, 0.3) is 0 Å². The lowest BCUT2D eigenvalue weighted by Crippen LogP contribution is -2.49. The van der Waals surface area contributed by atoms with Crippen molar-refractivity contribution >= 4 is 0 Å². The molecule has 0 saturated carbocycles. The van der Waals surface area contributed by atoms with Gasteiger partial charge in [0.15, 0.2) is 0 Å². The summed E-state index contributed by atoms with van der Waals surface area (Å²) in [6.07, 6.45) is 1.25. The maximum absolute atomic E-state index is 9.02. The number of aliphatic hydroxyl groups is 1. The molecule has 0 spiro atoms. The lowest BCUT2D eigenvalue weighted by molar-refractivity contribution is -0.0785. The highest BCUT2D eigenvalue weighted by Gasteiger charge is 2.24. The number of morpholine rings is 1. The van der Waals surface area contributed by atoms with Gasteiger partial charge in [0, 0.05) is 12.6 Å². The monoisotopic (exact) mass is 201 g/mol. The zero-order valence-corrected chi connectivity index (χ0v) is 9.57. The first kappa shape index (κ1) is 12.0. The van der Waals surface area contributed by atoms with Crippen LogP contribution in [-0.4, -0.2) is 48.5 Å². The molecule has 0 radical (unpaired) electrons. The summed E-state index contributed by atoms with van der Waals surface area (Å²) in [6.45, 7) is 9.58. The van der Waals surface area contributed by atoms with Crippen molar-refractivity contribution in [1.82, 2.24) is 4.90 Å². The fraction of sp³-hybridized carbons (Fsp3) is 1.00. The molecule has 2 atom stereocenters. The molecule has 0 bridgehead atoms. The Morgan fingerprint density at radius 2 is 2.21 bits per heavy atom. The Hall–Kier alpha value is -0.120. The standard InChI is InChI=1S/C11H23NO2/c1-9(2)4-5-12-6-11(7-13)14-8-10(12)3/h9-11,13H,4-8H2,1-3H3. The smallest absolute Gasteiger partial charge is 0.0933 e. The topological polar surface area (TPSA) is 32.7 Å². The third-order valence-corrected chi connectivity index (χ3v) is 2.83. The van der Waals surface area contributed by atoms with E-state index in [-0.39, 0.29) is 12.7 Å². The van der Waals surface area contributed by atoms with E-state index in [2.05, 4.69) is 25.7 Å². The minimum Gasteiger partial charge on any atom is -0.394 e. The molecule has 3 nitrogen and oxygen atoms in total. The summed E-state index contributed by atoms with van der Waals surface area (Å²) in [5.41, 5.74) is 0. The van der Waals surface area contributed by atoms with Crippen LogP contribution in [0.25, 0.3) is 0 Å². The number of ether oxygens (including phenoxy) is 1. The van der Waals surface area contributed by atoms with Crippen LogP contribution in [0.15, 0.2) is 0 Å². The molecule has 1 heterocycles. The Balaban J connectivity index is 2.32. The third-order valence-electron chi connectivity index (χ3n) is 2.83. The minimum absolute atomic E-state index is 0.0263. The van der Waals surface area contributed by atoms with Crippen LogP contribution < -0.4 is 0 Å². The second-order valence-electron chi connectivity index (χ2n) is 4.66. The molecule has 0 aromatic rings. The highest BCUT2D eigenvalue weighted by atomic mass is 16.5. The van der Waals surface area contributed by atoms with E-state index >= 15 is 0 Å². The van der Waals surface area contributed by atoms with Gasteiger partial charge in [-0.15, -0.1) is 0 Å². The normalized spacial score (nSPS) is 29.8. The van der Waals surface area contributed by atoms with Crippen LogP contribution in [-0.2, 0) is 4.74 Å². The number of aliphatic hydroxyl groups excluding tert-OH is 1. The molecule has 0 aliphatic carbocycles. The van der Waals surface area contributed by atoms with Gasteiger partial charge in [0.05, 0.1) is 19.3 Å². The fourth-order valence-corrected chi connectivity index (χ4v) is 1.72. The average molecular weight is 201 g/mol. The van der Waals surface area contributed by atoms with Crippen molar-refractivity contribution in [3.8, 4) is 0 Å². The maximum atomic E-state index is 9.02. The van der Waals surface area contributed by atoms with Crippen LogP contribution in [0.5, 0.6) is 0 Å². The Morgan fingerprint density at radius 1 is 1.50 bits per heavy atom. The van der Waals surface area contributed by atoms with Gasteiger partial charge in [-0.1, -0.05) is 13.8 Å². The zero-order chi connectivity index (χ0) is 10.6. The molecule has 1 aliphatic heterocycles. The summed E-state index contributed by atoms with van der Waals surface area (Å²) in [6, 6.07) is 0.497. The molecular weight excluding hydrogens is 178 g/mol. The molecule has 0 aromatic heterocycles. The molecule has 84 valence electrons. The van der Waals surface area contributed by atoms with E-state index in [1.165, 1.54) is 6.42 Å². The summed E-state index contributed by atoms with van der Waals surface area (Å²) >= 11 is 0. The van der Waals surface area contributed by atoms with E-state index in [1.807, 2.05) is 0 Å². The van der Waals surface area contributed by atoms with Crippen molar-refractivity contribution in [2.24, 2.45) is 5.92 Å². The molecule has 14 heavy (non-hydrogen) atoms. The SMILES string of the molecule is CC(C)CCN1CC(CO)OCC1C. The Morgan fingerprint density at radius 3 is 2.79 bits per heavy atom. The van der Waals surface area contributed by atoms with Gasteiger partial charge in [-0.05, 0) is 25.8 Å². The van der Waals surface area contributed by atoms with E-state index in [9.17, 15) is 0 Å². The van der Waals surface area contributed by atoms with Gasteiger partial charge in [0.1, 0.15) is 0 Å². The first-order valence-corrected chi connectivity index (χ1v) is 5.60. The van der Waals surface area contributed by atoms with Gasteiger partial charge in [-0.2, -0.15) is 0 Å². The van der Waals surface area contributed by atoms with Crippen molar-refractivity contribution in [2.75, 3.05) is 26.3 Å². The Kier molecular flexibility index (Phi) is 4.85. The molecule has 1 fully saturated rings. The van der Waals surface area contributed by atoms with Crippen molar-refractivity contribution in [2.45, 2.75) is 39.3 Å². The minimum atomic E-state index is 0.0263. The van der Waals surface area contributed by atoms with Gasteiger partial charge >= 0.3 is 0 Å². The zero-order valence-electron chi connectivity index (χ0n) is 9.57. The number of rotatable bonds is 4. The maximum Gasteiger partial charge on any atom is 0.0933 e. The molecule has 1 saturated heterocycles. The summed E-state index contributed by atoms with van der Waals surface area (Å²) < 4.78 is 5.48. The highest BCUT2D eigenvalue weighted by molar-refractivity contribution is 4.77. The van der Waals surface area contributed by atoms with Crippen LogP contribution in [0.2, 0.25) is 0 Å². The molecule has 0 aromatic carbocycles. The summed E-state index contributed by atoms with van der Waals surface area (Å²) in [7, 11) is 0. The third kappa shape index (κ3) is 3.56. The summed E-state index contributed by atoms with van der Waals surface area (Å²) in [5.74, 6) is 0.748. The van der Waals surface area contributed by atoms with Crippen LogP contribution in [0.4, 0.5) is 0 Å². The van der Waals surface area contributed by atoms with Gasteiger partial charge in [-0.3, -0.25) is 4.90 Å². The Bertz CT molecular complexity index is 161. The predicted octanol–water partition coefficient (Wildman–Crippen LogP) is 1.11. The summed E-state index contributed by atoms with van der Waals surface area (Å²) in [5, 5.41) is 9.02. The number of hydrogen-bond acceptors (Lipinski definition) is 3. The second-order valence-corrected chi connectivity index (χ2v) is 4.66. The van der Waals surface area contributed by atoms with E-state index in [1.54, 1.807) is 0 Å². The number of hydrogen-bond donors (Lipinski definition) is 1. The number of nitrogens with zero attached hydrogens (tertiary/aromatic N) is 1. The van der Waals surface area contributed by atoms with Crippen LogP contribution in [0, 0.1) is 5.92 Å². The van der Waals surface area contributed by atoms with E-state index < -0.39 is 0 Å². The van der Waals surface area contributed by atoms with Gasteiger partial charge in [-0.25, -0.2) is 0 Å². The van der Waals surface area contributed by atoms with Crippen molar-refractivity contribution in [1.29, 1.82) is 0 Å². The predicted molar refractivity (Wildman–Crippen MR) is 57.3 cm³/mol. The second kappa shape index (κ2) is 5.69. The van der Waals surface area contributed by atoms with Crippen LogP contribution in [0.3, 0.4) is 0 Å². The molecule has 3 heteroatoms. The van der Waals surface area contributed by atoms with Gasteiger partial charge in [0.2, 0.25) is 0 Å². The summed E-state index contributed by atoms with van der Waals surface area (Å²) in [4.78, 5) is 2.42. The lowest BCUT2D eigenvalue weighted by Gasteiger charge is -2.37. The van der Waals surface area contributed by atoms with E-state index in [0.29, 0.717) is 6.04 Å². The Labute approximate surface area is 87.1 Å². The first-order chi connectivity index (χ1) is 6.63. The molecular formula is C11H23NO2. The van der Waals surface area contributed by atoms with E-state index in [4.69, 9.17) is 9.84 Å². The quantitative estimate of drug-likeness (QED) is 0.739.